The van der Waals surface area contributed by atoms with Gasteiger partial charge in [-0.05, 0) is 49.3 Å². The third-order valence-corrected chi connectivity index (χ3v) is 5.30. The van der Waals surface area contributed by atoms with Crippen LogP contribution in [0.3, 0.4) is 0 Å². The van der Waals surface area contributed by atoms with Crippen LogP contribution in [0.25, 0.3) is 0 Å². The van der Waals surface area contributed by atoms with Crippen LogP contribution in [0.2, 0.25) is 0 Å². The Hall–Kier alpha value is -2.10. The number of aromatic nitrogens is 2. The Labute approximate surface area is 137 Å². The summed E-state index contributed by atoms with van der Waals surface area (Å²) in [6.45, 7) is 1.70. The van der Waals surface area contributed by atoms with E-state index in [2.05, 4.69) is 34.3 Å². The maximum atomic E-state index is 13.2. The van der Waals surface area contributed by atoms with Crippen molar-refractivity contribution in [3.05, 3.63) is 53.9 Å². The molecule has 0 spiro atoms. The van der Waals surface area contributed by atoms with Gasteiger partial charge in [-0.1, -0.05) is 24.3 Å². The quantitative estimate of drug-likeness (QED) is 0.874. The van der Waals surface area contributed by atoms with Crippen LogP contribution in [0.15, 0.2) is 42.7 Å². The number of piperidine rings is 1. The van der Waals surface area contributed by atoms with Gasteiger partial charge in [0.25, 0.3) is 0 Å². The Kier molecular flexibility index (Phi) is 3.90. The lowest BCUT2D eigenvalue weighted by Gasteiger charge is -2.37. The van der Waals surface area contributed by atoms with Gasteiger partial charge < -0.3 is 4.90 Å². The number of carbonyl (C=O) groups is 1. The van der Waals surface area contributed by atoms with Gasteiger partial charge >= 0.3 is 0 Å². The van der Waals surface area contributed by atoms with E-state index < -0.39 is 0 Å². The van der Waals surface area contributed by atoms with Crippen LogP contribution in [0.1, 0.15) is 42.7 Å². The number of aryl methyl sites for hydroxylation is 1. The number of carbonyl (C=O) groups excluding carboxylic acids is 1. The van der Waals surface area contributed by atoms with Gasteiger partial charge in [-0.3, -0.25) is 9.48 Å². The van der Waals surface area contributed by atoms with Crippen molar-refractivity contribution in [3.8, 4) is 0 Å². The molecule has 0 N–H and O–H groups in total. The number of fused-ring (bicyclic) bond motifs is 1. The lowest BCUT2D eigenvalue weighted by atomic mass is 9.95. The van der Waals surface area contributed by atoms with E-state index in [4.69, 9.17) is 0 Å². The molecule has 1 aliphatic carbocycles. The van der Waals surface area contributed by atoms with Gasteiger partial charge in [0.1, 0.15) is 0 Å². The zero-order chi connectivity index (χ0) is 15.6. The van der Waals surface area contributed by atoms with Crippen molar-refractivity contribution in [2.45, 2.75) is 50.6 Å². The van der Waals surface area contributed by atoms with Crippen LogP contribution in [-0.2, 0) is 17.8 Å². The highest BCUT2D eigenvalue weighted by Gasteiger charge is 2.35. The molecule has 1 aromatic heterocycles. The summed E-state index contributed by atoms with van der Waals surface area (Å²) < 4.78 is 1.96. The van der Waals surface area contributed by atoms with E-state index in [0.717, 1.165) is 38.8 Å². The number of nitrogens with zero attached hydrogens (tertiary/aromatic N) is 3. The third kappa shape index (κ3) is 2.78. The predicted molar refractivity (Wildman–Crippen MR) is 89.1 cm³/mol. The van der Waals surface area contributed by atoms with E-state index in [9.17, 15) is 4.79 Å². The second-order valence-corrected chi connectivity index (χ2v) is 6.70. The molecular formula is C19H23N3O. The number of amides is 1. The standard InChI is InChI=1S/C19H23N3O/c23-19(18-10-9-15-6-1-2-8-17(15)18)22-13-4-3-7-16(22)14-21-12-5-11-20-21/h1-2,5-6,8,11-12,16,18H,3-4,7,9-10,13-14H2/t16-,18+/m1/s1. The molecule has 4 heteroatoms. The molecule has 120 valence electrons. The molecule has 1 saturated heterocycles. The van der Waals surface area contributed by atoms with Crippen LogP contribution in [0.4, 0.5) is 0 Å². The van der Waals surface area contributed by atoms with Crippen LogP contribution >= 0.6 is 0 Å². The first-order valence-corrected chi connectivity index (χ1v) is 8.68. The average Bonchev–Trinajstić information content (AvgIpc) is 3.24. The third-order valence-electron chi connectivity index (χ3n) is 5.30. The van der Waals surface area contributed by atoms with Gasteiger partial charge in [0.05, 0.1) is 18.5 Å². The molecule has 2 atom stereocenters. The van der Waals surface area contributed by atoms with E-state index in [0.29, 0.717) is 5.91 Å². The topological polar surface area (TPSA) is 38.1 Å². The fourth-order valence-corrected chi connectivity index (χ4v) is 4.12. The molecule has 4 nitrogen and oxygen atoms in total. The minimum Gasteiger partial charge on any atom is -0.337 e. The van der Waals surface area contributed by atoms with Crippen molar-refractivity contribution in [2.75, 3.05) is 6.54 Å². The van der Waals surface area contributed by atoms with Crippen molar-refractivity contribution < 1.29 is 4.79 Å². The summed E-state index contributed by atoms with van der Waals surface area (Å²) >= 11 is 0. The van der Waals surface area contributed by atoms with Gasteiger partial charge in [-0.2, -0.15) is 5.10 Å². The largest absolute Gasteiger partial charge is 0.337 e. The minimum atomic E-state index is 0.0596. The van der Waals surface area contributed by atoms with Crippen molar-refractivity contribution in [1.82, 2.24) is 14.7 Å². The Balaban J connectivity index is 1.54. The molecule has 0 bridgehead atoms. The Morgan fingerprint density at radius 3 is 2.96 bits per heavy atom. The van der Waals surface area contributed by atoms with Crippen molar-refractivity contribution in [1.29, 1.82) is 0 Å². The summed E-state index contributed by atoms with van der Waals surface area (Å²) in [6.07, 6.45) is 9.20. The molecule has 23 heavy (non-hydrogen) atoms. The lowest BCUT2D eigenvalue weighted by molar-refractivity contribution is -0.136. The number of hydrogen-bond donors (Lipinski definition) is 0. The highest BCUT2D eigenvalue weighted by Crippen LogP contribution is 2.35. The van der Waals surface area contributed by atoms with E-state index in [1.165, 1.54) is 17.5 Å². The summed E-state index contributed by atoms with van der Waals surface area (Å²) in [4.78, 5) is 15.3. The summed E-state index contributed by atoms with van der Waals surface area (Å²) in [6, 6.07) is 10.7. The molecule has 0 radical (unpaired) electrons. The minimum absolute atomic E-state index is 0.0596. The Bertz CT molecular complexity index is 680. The normalized spacial score (nSPS) is 23.7. The fraction of sp³-hybridized carbons (Fsp3) is 0.474. The molecule has 1 aromatic carbocycles. The van der Waals surface area contributed by atoms with Gasteiger partial charge in [0, 0.05) is 18.9 Å². The molecule has 1 amide bonds. The highest BCUT2D eigenvalue weighted by molar-refractivity contribution is 5.85. The van der Waals surface area contributed by atoms with Crippen LogP contribution in [0.5, 0.6) is 0 Å². The first kappa shape index (κ1) is 14.5. The monoisotopic (exact) mass is 309 g/mol. The number of benzene rings is 1. The summed E-state index contributed by atoms with van der Waals surface area (Å²) in [5.74, 6) is 0.385. The van der Waals surface area contributed by atoms with Crippen molar-refractivity contribution >= 4 is 5.91 Å². The Morgan fingerprint density at radius 1 is 1.17 bits per heavy atom. The SMILES string of the molecule is O=C([C@H]1CCc2ccccc21)N1CCCC[C@@H]1Cn1cccn1. The van der Waals surface area contributed by atoms with Crippen molar-refractivity contribution in [3.63, 3.8) is 0 Å². The summed E-state index contributed by atoms with van der Waals surface area (Å²) in [5.41, 5.74) is 2.60. The van der Waals surface area contributed by atoms with Gasteiger partial charge in [0.2, 0.25) is 5.91 Å². The van der Waals surface area contributed by atoms with E-state index in [-0.39, 0.29) is 12.0 Å². The van der Waals surface area contributed by atoms with E-state index in [1.54, 1.807) is 0 Å². The molecular weight excluding hydrogens is 286 g/mol. The molecule has 0 saturated carbocycles. The van der Waals surface area contributed by atoms with Crippen LogP contribution in [-0.4, -0.2) is 33.2 Å². The molecule has 1 aliphatic heterocycles. The predicted octanol–water partition coefficient (Wildman–Crippen LogP) is 2.99. The molecule has 2 aromatic rings. The second kappa shape index (κ2) is 6.19. The summed E-state index contributed by atoms with van der Waals surface area (Å²) in [5, 5.41) is 4.32. The van der Waals surface area contributed by atoms with Gasteiger partial charge in [-0.25, -0.2) is 0 Å². The second-order valence-electron chi connectivity index (χ2n) is 6.70. The maximum Gasteiger partial charge on any atom is 0.230 e. The first-order chi connectivity index (χ1) is 11.3. The number of likely N-dealkylation sites (tertiary alicyclic amines) is 1. The van der Waals surface area contributed by atoms with E-state index in [1.807, 2.05) is 23.1 Å². The van der Waals surface area contributed by atoms with Gasteiger partial charge in [0.15, 0.2) is 0 Å². The maximum absolute atomic E-state index is 13.2. The zero-order valence-corrected chi connectivity index (χ0v) is 13.4. The molecule has 2 heterocycles. The van der Waals surface area contributed by atoms with Crippen molar-refractivity contribution in [2.24, 2.45) is 0 Å². The summed E-state index contributed by atoms with van der Waals surface area (Å²) in [7, 11) is 0. The smallest absolute Gasteiger partial charge is 0.230 e. The molecule has 0 unspecified atom stereocenters. The fourth-order valence-electron chi connectivity index (χ4n) is 4.12. The molecule has 2 aliphatic rings. The molecule has 4 rings (SSSR count). The average molecular weight is 309 g/mol. The highest BCUT2D eigenvalue weighted by atomic mass is 16.2. The van der Waals surface area contributed by atoms with Gasteiger partial charge in [-0.15, -0.1) is 0 Å². The number of hydrogen-bond acceptors (Lipinski definition) is 2. The van der Waals surface area contributed by atoms with Crippen LogP contribution in [0, 0.1) is 0 Å². The number of rotatable bonds is 3. The van der Waals surface area contributed by atoms with Crippen LogP contribution < -0.4 is 0 Å². The lowest BCUT2D eigenvalue weighted by Crippen LogP contribution is -2.47. The molecule has 1 fully saturated rings. The Morgan fingerprint density at radius 2 is 2.09 bits per heavy atom. The zero-order valence-electron chi connectivity index (χ0n) is 13.4. The van der Waals surface area contributed by atoms with E-state index >= 15 is 0 Å². The first-order valence-electron chi connectivity index (χ1n) is 8.68.